The lowest BCUT2D eigenvalue weighted by Crippen LogP contribution is -2.46. The third-order valence-corrected chi connectivity index (χ3v) is 13.7. The van der Waals surface area contributed by atoms with Gasteiger partial charge in [-0.1, -0.05) is 42.5 Å². The molecule has 0 aromatic heterocycles. The summed E-state index contributed by atoms with van der Waals surface area (Å²) in [5, 5.41) is 9.25. The largest absolute Gasteiger partial charge is 0.508 e. The number of benzene rings is 3. The average Bonchev–Trinajstić information content (AvgIpc) is 3.93. The molecule has 1 aliphatic heterocycles. The second-order valence-electron chi connectivity index (χ2n) is 17.5. The van der Waals surface area contributed by atoms with Gasteiger partial charge in [-0.05, 0) is 160 Å². The Morgan fingerprint density at radius 3 is 1.12 bits per heavy atom. The standard InChI is InChI=1S/C16H17F3O.C15H15F3O2.C14H15F3O/c1-10(20)11-2-4-12(5-3-11)15(13-6-7-13,14-8-9-14)16(17,18)19;16-15(17,18)14(9-1-2-9,10-3-4-10)11-5-6-12-13(7-11)20-8-19-12;15-14(16,17)13(9-1-2-9,10-3-4-10)11-5-7-12(18)8-6-11/h2-5,13-14H,6-9H2,1H3;5-7,9-10H,1-4,8H2;5-10,18H,1-4H2. The number of hydrogen-bond donors (Lipinski definition) is 1. The molecule has 3 aromatic carbocycles. The van der Waals surface area contributed by atoms with Gasteiger partial charge in [-0.15, -0.1) is 0 Å². The van der Waals surface area contributed by atoms with Crippen LogP contribution in [0.15, 0.2) is 66.7 Å². The molecule has 6 saturated carbocycles. The Balaban J connectivity index is 0.000000122. The Morgan fingerprint density at radius 2 is 0.793 bits per heavy atom. The fourth-order valence-electron chi connectivity index (χ4n) is 10.4. The molecule has 0 spiro atoms. The van der Waals surface area contributed by atoms with E-state index in [1.165, 1.54) is 55.5 Å². The number of halogens is 9. The monoisotopic (exact) mass is 822 g/mol. The van der Waals surface area contributed by atoms with E-state index in [0.717, 1.165) is 0 Å². The van der Waals surface area contributed by atoms with Crippen LogP contribution in [0.5, 0.6) is 17.2 Å². The van der Waals surface area contributed by atoms with Crippen LogP contribution in [0.3, 0.4) is 0 Å². The molecular formula is C45H47F9O4. The molecule has 0 amide bonds. The van der Waals surface area contributed by atoms with E-state index in [0.29, 0.717) is 111 Å². The van der Waals surface area contributed by atoms with Gasteiger partial charge in [0.15, 0.2) is 17.3 Å². The molecule has 0 bridgehead atoms. The van der Waals surface area contributed by atoms with E-state index in [1.54, 1.807) is 18.2 Å². The van der Waals surface area contributed by atoms with E-state index >= 15 is 0 Å². The van der Waals surface area contributed by atoms with Gasteiger partial charge in [0.05, 0.1) is 16.2 Å². The van der Waals surface area contributed by atoms with Crippen LogP contribution < -0.4 is 9.47 Å². The quantitative estimate of drug-likeness (QED) is 0.163. The maximum absolute atomic E-state index is 13.9. The molecule has 58 heavy (non-hydrogen) atoms. The Labute approximate surface area is 331 Å². The number of fused-ring (bicyclic) bond motifs is 1. The van der Waals surface area contributed by atoms with Crippen molar-refractivity contribution >= 4 is 5.78 Å². The van der Waals surface area contributed by atoms with Crippen LogP contribution in [-0.2, 0) is 16.2 Å². The fourth-order valence-corrected chi connectivity index (χ4v) is 10.4. The Hall–Kier alpha value is -3.90. The average molecular weight is 823 g/mol. The summed E-state index contributed by atoms with van der Waals surface area (Å²) >= 11 is 0. The second-order valence-corrected chi connectivity index (χ2v) is 17.5. The number of alkyl halides is 9. The first-order chi connectivity index (χ1) is 27.4. The van der Waals surface area contributed by atoms with Crippen molar-refractivity contribution in [3.63, 3.8) is 0 Å². The van der Waals surface area contributed by atoms with Gasteiger partial charge in [-0.3, -0.25) is 4.79 Å². The van der Waals surface area contributed by atoms with Gasteiger partial charge >= 0.3 is 18.5 Å². The minimum Gasteiger partial charge on any atom is -0.508 e. The predicted octanol–water partition coefficient (Wildman–Crippen LogP) is 12.6. The zero-order chi connectivity index (χ0) is 41.5. The van der Waals surface area contributed by atoms with Crippen molar-refractivity contribution in [2.24, 2.45) is 35.5 Å². The van der Waals surface area contributed by atoms with Crippen LogP contribution in [0, 0.1) is 35.5 Å². The van der Waals surface area contributed by atoms with Gasteiger partial charge in [-0.25, -0.2) is 0 Å². The number of Topliss-reactive ketones (excluding diaryl/α,β-unsaturated/α-hetero) is 1. The first-order valence-electron chi connectivity index (χ1n) is 20.4. The molecule has 0 unspecified atom stereocenters. The summed E-state index contributed by atoms with van der Waals surface area (Å²) in [7, 11) is 0. The van der Waals surface area contributed by atoms with Gasteiger partial charge in [0.2, 0.25) is 6.79 Å². The fraction of sp³-hybridized carbons (Fsp3) is 0.578. The number of hydrogen-bond acceptors (Lipinski definition) is 4. The smallest absolute Gasteiger partial charge is 0.398 e. The van der Waals surface area contributed by atoms with E-state index in [1.807, 2.05) is 0 Å². The van der Waals surface area contributed by atoms with Gasteiger partial charge < -0.3 is 14.6 Å². The third kappa shape index (κ3) is 7.13. The summed E-state index contributed by atoms with van der Waals surface area (Å²) < 4.78 is 135. The summed E-state index contributed by atoms with van der Waals surface area (Å²) in [6.07, 6.45) is -4.66. The molecule has 6 aliphatic carbocycles. The number of phenols is 1. The Kier molecular flexibility index (Phi) is 10.1. The molecule has 10 rings (SSSR count). The van der Waals surface area contributed by atoms with Crippen molar-refractivity contribution < 1.29 is 58.9 Å². The van der Waals surface area contributed by atoms with Crippen molar-refractivity contribution in [1.29, 1.82) is 0 Å². The second kappa shape index (κ2) is 14.4. The van der Waals surface area contributed by atoms with Crippen molar-refractivity contribution in [1.82, 2.24) is 0 Å². The van der Waals surface area contributed by atoms with E-state index in [4.69, 9.17) is 9.47 Å². The maximum Gasteiger partial charge on any atom is 0.398 e. The lowest BCUT2D eigenvalue weighted by molar-refractivity contribution is -0.205. The van der Waals surface area contributed by atoms with Crippen molar-refractivity contribution in [3.05, 3.63) is 89.0 Å². The maximum atomic E-state index is 13.9. The predicted molar refractivity (Wildman–Crippen MR) is 197 cm³/mol. The molecule has 314 valence electrons. The number of carbonyl (C=O) groups excluding carboxylic acids is 1. The Bertz CT molecular complexity index is 1920. The zero-order valence-corrected chi connectivity index (χ0v) is 32.1. The summed E-state index contributed by atoms with van der Waals surface area (Å²) in [5.41, 5.74) is -3.51. The number of carbonyl (C=O) groups is 1. The Morgan fingerprint density at radius 1 is 0.483 bits per heavy atom. The molecule has 0 saturated heterocycles. The SMILES string of the molecule is CC(=O)c1ccc(C(C2CC2)(C2CC2)C(F)(F)F)cc1.FC(F)(F)C(c1ccc2c(c1)OCO2)(C1CC1)C1CC1.Oc1ccc(C(C2CC2)(C2CC2)C(F)(F)F)cc1. The van der Waals surface area contributed by atoms with E-state index < -0.39 is 34.8 Å². The topological polar surface area (TPSA) is 55.8 Å². The van der Waals surface area contributed by atoms with Gasteiger partial charge in [-0.2, -0.15) is 39.5 Å². The highest BCUT2D eigenvalue weighted by atomic mass is 19.4. The first kappa shape index (κ1) is 40.9. The number of ether oxygens (including phenoxy) is 2. The lowest BCUT2D eigenvalue weighted by atomic mass is 9.71. The first-order valence-corrected chi connectivity index (χ1v) is 20.4. The van der Waals surface area contributed by atoms with Crippen LogP contribution >= 0.6 is 0 Å². The summed E-state index contributed by atoms with van der Waals surface area (Å²) in [4.78, 5) is 11.3. The molecule has 13 heteroatoms. The van der Waals surface area contributed by atoms with Gasteiger partial charge in [0.1, 0.15) is 5.75 Å². The molecule has 1 heterocycles. The van der Waals surface area contributed by atoms with E-state index in [-0.39, 0.29) is 53.8 Å². The highest BCUT2D eigenvalue weighted by Crippen LogP contribution is 2.68. The third-order valence-electron chi connectivity index (χ3n) is 13.7. The molecule has 7 aliphatic rings. The highest BCUT2D eigenvalue weighted by Gasteiger charge is 2.71. The molecule has 4 nitrogen and oxygen atoms in total. The minimum absolute atomic E-state index is 0.0152. The number of ketones is 1. The number of rotatable bonds is 10. The molecule has 1 N–H and O–H groups in total. The van der Waals surface area contributed by atoms with Crippen molar-refractivity contribution in [2.75, 3.05) is 6.79 Å². The minimum atomic E-state index is -4.22. The van der Waals surface area contributed by atoms with E-state index in [9.17, 15) is 49.4 Å². The van der Waals surface area contributed by atoms with Crippen LogP contribution in [-0.4, -0.2) is 36.2 Å². The van der Waals surface area contributed by atoms with Crippen LogP contribution in [0.2, 0.25) is 0 Å². The van der Waals surface area contributed by atoms with E-state index in [2.05, 4.69) is 0 Å². The number of aromatic hydroxyl groups is 1. The molecule has 0 radical (unpaired) electrons. The summed E-state index contributed by atoms with van der Waals surface area (Å²) in [5.74, 6) is -0.756. The molecule has 0 atom stereocenters. The van der Waals surface area contributed by atoms with Crippen LogP contribution in [0.25, 0.3) is 0 Å². The molecular weight excluding hydrogens is 775 g/mol. The summed E-state index contributed by atoms with van der Waals surface area (Å²) in [6, 6.07) is 16.4. The van der Waals surface area contributed by atoms with Crippen molar-refractivity contribution in [3.8, 4) is 17.2 Å². The van der Waals surface area contributed by atoms with Crippen LogP contribution in [0.1, 0.15) is 111 Å². The molecule has 6 fully saturated rings. The summed E-state index contributed by atoms with van der Waals surface area (Å²) in [6.45, 7) is 1.51. The zero-order valence-electron chi connectivity index (χ0n) is 32.1. The molecule has 3 aromatic rings. The lowest BCUT2D eigenvalue weighted by Gasteiger charge is -2.37. The normalized spacial score (nSPS) is 21.1. The van der Waals surface area contributed by atoms with Crippen molar-refractivity contribution in [2.45, 2.75) is 119 Å². The van der Waals surface area contributed by atoms with Gasteiger partial charge in [0.25, 0.3) is 0 Å². The number of phenolic OH excluding ortho intramolecular Hbond substituents is 1. The van der Waals surface area contributed by atoms with Gasteiger partial charge in [0, 0.05) is 5.56 Å². The van der Waals surface area contributed by atoms with Crippen LogP contribution in [0.4, 0.5) is 39.5 Å². The highest BCUT2D eigenvalue weighted by molar-refractivity contribution is 5.94.